The third kappa shape index (κ3) is 30.8. The van der Waals surface area contributed by atoms with Crippen LogP contribution in [0.15, 0.2) is 72.9 Å². The molecule has 0 fully saturated rings. The monoisotopic (exact) mass is 701 g/mol. The Morgan fingerprint density at radius 2 is 1.16 bits per heavy atom. The standard InChI is InChI=1S/C42H69NO7/c1-6-8-10-12-14-16-18-20-22-24-26-28-30-32-40(44)49-37-38(36-48-35-34-39(42(46)47)43(3,4)5)50-41(45)33-31-29-27-25-23-21-19-17-15-13-11-9-7-2/h9,11,13,15,17,19-23,25,27,38-39H,6-8,10,12,14,16,18,24,26,28-37H2,1-5H3/p+1/b11-9+,15-13+,19-17+,22-20+,23-21+,27-25+. The quantitative estimate of drug-likeness (QED) is 0.0245. The van der Waals surface area contributed by atoms with Gasteiger partial charge in [-0.25, -0.2) is 4.79 Å². The largest absolute Gasteiger partial charge is 0.477 e. The van der Waals surface area contributed by atoms with E-state index in [1.54, 1.807) is 0 Å². The number of ether oxygens (including phenoxy) is 3. The zero-order valence-electron chi connectivity index (χ0n) is 32.1. The number of nitrogens with zero attached hydrogens (tertiary/aromatic N) is 1. The Balaban J connectivity index is 4.60. The van der Waals surface area contributed by atoms with Crippen molar-refractivity contribution in [3.8, 4) is 0 Å². The lowest BCUT2D eigenvalue weighted by molar-refractivity contribution is -0.887. The highest BCUT2D eigenvalue weighted by molar-refractivity contribution is 5.72. The second kappa shape index (κ2) is 32.9. The van der Waals surface area contributed by atoms with E-state index in [2.05, 4.69) is 32.1 Å². The average molecular weight is 701 g/mol. The van der Waals surface area contributed by atoms with Crippen LogP contribution in [0.2, 0.25) is 0 Å². The number of allylic oxidation sites excluding steroid dienone is 12. The second-order valence-electron chi connectivity index (χ2n) is 13.6. The number of carbonyl (C=O) groups excluding carboxylic acids is 2. The van der Waals surface area contributed by atoms with E-state index >= 15 is 0 Å². The van der Waals surface area contributed by atoms with Gasteiger partial charge >= 0.3 is 17.9 Å². The predicted octanol–water partition coefficient (Wildman–Crippen LogP) is 9.63. The SMILES string of the molecule is CC/C=C/C=C/C=C/C=C/C=C/CCCC(=O)OC(COCCC(C(=O)O)[N+](C)(C)C)COC(=O)CCCCC/C=C/CCCCCCCC. The average Bonchev–Trinajstić information content (AvgIpc) is 3.06. The first-order valence-electron chi connectivity index (χ1n) is 19.0. The first kappa shape index (κ1) is 46.8. The lowest BCUT2D eigenvalue weighted by Gasteiger charge is -2.31. The van der Waals surface area contributed by atoms with Crippen LogP contribution < -0.4 is 0 Å². The van der Waals surface area contributed by atoms with Crippen molar-refractivity contribution in [2.24, 2.45) is 0 Å². The van der Waals surface area contributed by atoms with Crippen LogP contribution in [-0.4, -0.2) is 80.6 Å². The fourth-order valence-corrected chi connectivity index (χ4v) is 5.00. The number of hydrogen-bond donors (Lipinski definition) is 1. The number of carboxylic acid groups (broad SMARTS) is 1. The van der Waals surface area contributed by atoms with E-state index in [1.807, 2.05) is 75.8 Å². The number of unbranched alkanes of at least 4 members (excludes halogenated alkanes) is 10. The van der Waals surface area contributed by atoms with Gasteiger partial charge in [0.2, 0.25) is 0 Å². The third-order valence-electron chi connectivity index (χ3n) is 7.97. The highest BCUT2D eigenvalue weighted by Crippen LogP contribution is 2.11. The summed E-state index contributed by atoms with van der Waals surface area (Å²) in [5, 5.41) is 9.58. The Morgan fingerprint density at radius 3 is 1.76 bits per heavy atom. The van der Waals surface area contributed by atoms with Gasteiger partial charge in [0, 0.05) is 19.3 Å². The Kier molecular flexibility index (Phi) is 30.8. The molecule has 2 atom stereocenters. The van der Waals surface area contributed by atoms with Gasteiger partial charge in [-0.2, -0.15) is 0 Å². The number of rotatable bonds is 32. The zero-order valence-corrected chi connectivity index (χ0v) is 32.1. The molecule has 8 nitrogen and oxygen atoms in total. The van der Waals surface area contributed by atoms with Gasteiger partial charge in [0.25, 0.3) is 0 Å². The maximum atomic E-state index is 12.6. The van der Waals surface area contributed by atoms with Gasteiger partial charge < -0.3 is 23.8 Å². The highest BCUT2D eigenvalue weighted by atomic mass is 16.6. The molecule has 0 aromatic heterocycles. The molecule has 1 N–H and O–H groups in total. The lowest BCUT2D eigenvalue weighted by atomic mass is 10.1. The minimum absolute atomic E-state index is 0.0237. The van der Waals surface area contributed by atoms with Crippen molar-refractivity contribution in [2.45, 2.75) is 135 Å². The molecule has 0 amide bonds. The molecule has 0 aliphatic heterocycles. The Bertz CT molecular complexity index is 1050. The summed E-state index contributed by atoms with van der Waals surface area (Å²) in [6.07, 6.45) is 39.6. The number of hydrogen-bond acceptors (Lipinski definition) is 6. The van der Waals surface area contributed by atoms with Crippen LogP contribution >= 0.6 is 0 Å². The van der Waals surface area contributed by atoms with Gasteiger partial charge in [-0.15, -0.1) is 0 Å². The van der Waals surface area contributed by atoms with Gasteiger partial charge in [0.1, 0.15) is 6.61 Å². The van der Waals surface area contributed by atoms with Crippen molar-refractivity contribution in [3.63, 3.8) is 0 Å². The van der Waals surface area contributed by atoms with E-state index in [4.69, 9.17) is 14.2 Å². The molecule has 0 spiro atoms. The molecule has 50 heavy (non-hydrogen) atoms. The molecule has 0 rings (SSSR count). The first-order chi connectivity index (χ1) is 24.1. The number of quaternary nitrogens is 1. The van der Waals surface area contributed by atoms with Gasteiger partial charge in [-0.3, -0.25) is 9.59 Å². The fraction of sp³-hybridized carbons (Fsp3) is 0.643. The summed E-state index contributed by atoms with van der Waals surface area (Å²) in [6.45, 7) is 4.45. The maximum absolute atomic E-state index is 12.6. The van der Waals surface area contributed by atoms with Crippen LogP contribution in [0, 0.1) is 0 Å². The number of esters is 2. The molecule has 0 bridgehead atoms. The van der Waals surface area contributed by atoms with Crippen molar-refractivity contribution in [1.82, 2.24) is 0 Å². The van der Waals surface area contributed by atoms with Crippen LogP contribution in [0.5, 0.6) is 0 Å². The van der Waals surface area contributed by atoms with Crippen molar-refractivity contribution < 1.29 is 38.2 Å². The smallest absolute Gasteiger partial charge is 0.362 e. The van der Waals surface area contributed by atoms with Crippen LogP contribution in [0.25, 0.3) is 0 Å². The fourth-order valence-electron chi connectivity index (χ4n) is 5.00. The second-order valence-corrected chi connectivity index (χ2v) is 13.6. The number of aliphatic carboxylic acids is 1. The maximum Gasteiger partial charge on any atom is 0.362 e. The third-order valence-corrected chi connectivity index (χ3v) is 7.97. The van der Waals surface area contributed by atoms with Crippen LogP contribution in [0.1, 0.15) is 123 Å². The molecule has 0 radical (unpaired) electrons. The van der Waals surface area contributed by atoms with Gasteiger partial charge in [-0.05, 0) is 51.4 Å². The summed E-state index contributed by atoms with van der Waals surface area (Å²) in [5.74, 6) is -1.60. The van der Waals surface area contributed by atoms with E-state index in [0.717, 1.165) is 44.9 Å². The van der Waals surface area contributed by atoms with Crippen molar-refractivity contribution in [1.29, 1.82) is 0 Å². The van der Waals surface area contributed by atoms with Crippen molar-refractivity contribution in [3.05, 3.63) is 72.9 Å². The van der Waals surface area contributed by atoms with Gasteiger partial charge in [0.05, 0.1) is 34.4 Å². The van der Waals surface area contributed by atoms with E-state index in [1.165, 1.54) is 38.5 Å². The zero-order chi connectivity index (χ0) is 37.1. The van der Waals surface area contributed by atoms with E-state index in [0.29, 0.717) is 19.3 Å². The summed E-state index contributed by atoms with van der Waals surface area (Å²) in [5.41, 5.74) is 0. The molecular weight excluding hydrogens is 630 g/mol. The Morgan fingerprint density at radius 1 is 0.620 bits per heavy atom. The van der Waals surface area contributed by atoms with Gasteiger partial charge in [-0.1, -0.05) is 125 Å². The summed E-state index contributed by atoms with van der Waals surface area (Å²) in [6, 6.07) is -0.631. The molecule has 2 unspecified atom stereocenters. The Hall–Kier alpha value is -3.23. The van der Waals surface area contributed by atoms with Crippen LogP contribution in [0.3, 0.4) is 0 Å². The molecule has 0 aromatic carbocycles. The van der Waals surface area contributed by atoms with Crippen LogP contribution in [0.4, 0.5) is 0 Å². The first-order valence-corrected chi connectivity index (χ1v) is 19.0. The summed E-state index contributed by atoms with van der Waals surface area (Å²) >= 11 is 0. The number of carboxylic acids is 1. The number of carbonyl (C=O) groups is 3. The summed E-state index contributed by atoms with van der Waals surface area (Å²) in [7, 11) is 5.47. The molecule has 284 valence electrons. The van der Waals surface area contributed by atoms with E-state index in [-0.39, 0.29) is 42.7 Å². The molecule has 0 saturated heterocycles. The molecule has 0 saturated carbocycles. The van der Waals surface area contributed by atoms with E-state index < -0.39 is 18.1 Å². The summed E-state index contributed by atoms with van der Waals surface area (Å²) in [4.78, 5) is 36.7. The van der Waals surface area contributed by atoms with Crippen molar-refractivity contribution in [2.75, 3.05) is 41.0 Å². The van der Waals surface area contributed by atoms with E-state index in [9.17, 15) is 19.5 Å². The molecule has 0 aliphatic rings. The molecule has 8 heteroatoms. The number of likely N-dealkylation sites (N-methyl/N-ethyl adjacent to an activating group) is 1. The Labute approximate surface area is 304 Å². The molecule has 0 heterocycles. The topological polar surface area (TPSA) is 99.1 Å². The highest BCUT2D eigenvalue weighted by Gasteiger charge is 2.31. The normalized spacial score (nSPS) is 13.9. The lowest BCUT2D eigenvalue weighted by Crippen LogP contribution is -2.50. The van der Waals surface area contributed by atoms with Crippen molar-refractivity contribution >= 4 is 17.9 Å². The molecular formula is C42H70NO7+. The minimum Gasteiger partial charge on any atom is -0.477 e. The van der Waals surface area contributed by atoms with Gasteiger partial charge in [0.15, 0.2) is 12.1 Å². The van der Waals surface area contributed by atoms with Crippen LogP contribution in [-0.2, 0) is 28.6 Å². The molecule has 0 aliphatic carbocycles. The predicted molar refractivity (Wildman–Crippen MR) is 206 cm³/mol. The summed E-state index contributed by atoms with van der Waals surface area (Å²) < 4.78 is 17.1. The molecule has 0 aromatic rings. The minimum atomic E-state index is -0.893.